The molecule has 2 aromatic carbocycles. The van der Waals surface area contributed by atoms with Gasteiger partial charge in [-0.1, -0.05) is 42.1 Å². The van der Waals surface area contributed by atoms with Crippen LogP contribution in [0.4, 0.5) is 5.00 Å². The number of fused-ring (bicyclic) bond motifs is 2. The van der Waals surface area contributed by atoms with Crippen molar-refractivity contribution in [1.29, 1.82) is 0 Å². The first kappa shape index (κ1) is 22.6. The van der Waals surface area contributed by atoms with E-state index >= 15 is 0 Å². The fraction of sp³-hybridized carbons (Fsp3) is 0.280. The number of carbonyl (C=O) groups is 2. The van der Waals surface area contributed by atoms with Gasteiger partial charge in [-0.2, -0.15) is 0 Å². The Morgan fingerprint density at radius 1 is 1.12 bits per heavy atom. The molecule has 0 bridgehead atoms. The molecule has 2 aromatic heterocycles. The van der Waals surface area contributed by atoms with E-state index in [1.165, 1.54) is 11.3 Å². The van der Waals surface area contributed by atoms with Crippen LogP contribution in [0.2, 0.25) is 0 Å². The summed E-state index contributed by atoms with van der Waals surface area (Å²) in [6, 6.07) is 14.0. The van der Waals surface area contributed by atoms with Crippen LogP contribution in [-0.4, -0.2) is 34.4 Å². The lowest BCUT2D eigenvalue weighted by atomic mass is 9.95. The van der Waals surface area contributed by atoms with Crippen molar-refractivity contribution < 1.29 is 18.7 Å². The van der Waals surface area contributed by atoms with Crippen LogP contribution < -0.4 is 5.32 Å². The van der Waals surface area contributed by atoms with Crippen LogP contribution in [0.25, 0.3) is 22.2 Å². The van der Waals surface area contributed by atoms with Crippen molar-refractivity contribution in [2.75, 3.05) is 17.7 Å². The van der Waals surface area contributed by atoms with Crippen molar-refractivity contribution in [3.63, 3.8) is 0 Å². The van der Waals surface area contributed by atoms with Gasteiger partial charge in [0.05, 0.1) is 17.9 Å². The first-order valence-corrected chi connectivity index (χ1v) is 13.0. The normalized spacial score (nSPS) is 13.0. The number of aromatic nitrogens is 2. The zero-order valence-electron chi connectivity index (χ0n) is 18.6. The number of amides is 1. The quantitative estimate of drug-likeness (QED) is 0.259. The van der Waals surface area contributed by atoms with Crippen LogP contribution in [-0.2, 0) is 22.4 Å². The van der Waals surface area contributed by atoms with Crippen molar-refractivity contribution >= 4 is 50.7 Å². The molecular weight excluding hydrogens is 470 g/mol. The minimum atomic E-state index is -0.373. The van der Waals surface area contributed by atoms with E-state index in [0.717, 1.165) is 64.2 Å². The number of nitrogens with one attached hydrogen (secondary N) is 1. The summed E-state index contributed by atoms with van der Waals surface area (Å²) in [6.45, 7) is 2.07. The van der Waals surface area contributed by atoms with Crippen LogP contribution in [0, 0.1) is 0 Å². The van der Waals surface area contributed by atoms with E-state index < -0.39 is 0 Å². The Morgan fingerprint density at radius 3 is 2.79 bits per heavy atom. The predicted octanol–water partition coefficient (Wildman–Crippen LogP) is 5.74. The number of ether oxygens (including phenoxy) is 1. The first-order valence-electron chi connectivity index (χ1n) is 11.2. The molecule has 0 atom stereocenters. The second-order valence-corrected chi connectivity index (χ2v) is 9.94. The van der Waals surface area contributed by atoms with E-state index in [2.05, 4.69) is 15.5 Å². The van der Waals surface area contributed by atoms with Gasteiger partial charge in [-0.3, -0.25) is 4.79 Å². The largest absolute Gasteiger partial charge is 0.462 e. The number of hydrogen-bond acceptors (Lipinski definition) is 8. The van der Waals surface area contributed by atoms with E-state index in [1.807, 2.05) is 42.5 Å². The maximum absolute atomic E-state index is 12.7. The van der Waals surface area contributed by atoms with Gasteiger partial charge >= 0.3 is 5.97 Å². The molecule has 9 heteroatoms. The highest BCUT2D eigenvalue weighted by Crippen LogP contribution is 2.38. The summed E-state index contributed by atoms with van der Waals surface area (Å²) in [5.74, 6) is -0.116. The SMILES string of the molecule is CCOC(=O)c1c(NC(=O)CSc2nnc(-c3ccc4ccccc4c3)o2)sc2c1CCCC2. The van der Waals surface area contributed by atoms with E-state index in [-0.39, 0.29) is 17.6 Å². The van der Waals surface area contributed by atoms with Gasteiger partial charge in [0.15, 0.2) is 0 Å². The number of hydrogen-bond donors (Lipinski definition) is 1. The molecule has 0 spiro atoms. The molecule has 1 aliphatic rings. The van der Waals surface area contributed by atoms with Gasteiger partial charge in [-0.05, 0) is 61.1 Å². The third kappa shape index (κ3) is 4.71. The zero-order chi connectivity index (χ0) is 23.5. The summed E-state index contributed by atoms with van der Waals surface area (Å²) in [4.78, 5) is 26.4. The molecule has 0 aliphatic heterocycles. The van der Waals surface area contributed by atoms with Crippen LogP contribution in [0.1, 0.15) is 40.6 Å². The molecule has 1 aliphatic carbocycles. The number of rotatable bonds is 7. The molecule has 0 radical (unpaired) electrons. The second kappa shape index (κ2) is 9.99. The Balaban J connectivity index is 1.26. The van der Waals surface area contributed by atoms with Crippen LogP contribution in [0.5, 0.6) is 0 Å². The highest BCUT2D eigenvalue weighted by atomic mass is 32.2. The average Bonchev–Trinajstić information content (AvgIpc) is 3.47. The fourth-order valence-corrected chi connectivity index (χ4v) is 5.93. The first-order chi connectivity index (χ1) is 16.6. The highest BCUT2D eigenvalue weighted by Gasteiger charge is 2.27. The third-order valence-corrected chi connectivity index (χ3v) is 7.66. The van der Waals surface area contributed by atoms with Crippen molar-refractivity contribution in [2.45, 2.75) is 37.8 Å². The van der Waals surface area contributed by atoms with E-state index in [4.69, 9.17) is 9.15 Å². The Kier molecular flexibility index (Phi) is 6.64. The topological polar surface area (TPSA) is 94.3 Å². The average molecular weight is 494 g/mol. The Labute approximate surface area is 204 Å². The summed E-state index contributed by atoms with van der Waals surface area (Å²) >= 11 is 2.64. The molecular formula is C25H23N3O4S2. The smallest absolute Gasteiger partial charge is 0.341 e. The molecule has 34 heavy (non-hydrogen) atoms. The molecule has 5 rings (SSSR count). The van der Waals surface area contributed by atoms with Crippen molar-refractivity contribution in [3.05, 3.63) is 58.5 Å². The maximum Gasteiger partial charge on any atom is 0.341 e. The lowest BCUT2D eigenvalue weighted by molar-refractivity contribution is -0.113. The van der Waals surface area contributed by atoms with Crippen molar-refractivity contribution in [1.82, 2.24) is 10.2 Å². The zero-order valence-corrected chi connectivity index (χ0v) is 20.3. The predicted molar refractivity (Wildman–Crippen MR) is 134 cm³/mol. The van der Waals surface area contributed by atoms with Gasteiger partial charge < -0.3 is 14.5 Å². The Morgan fingerprint density at radius 2 is 1.94 bits per heavy atom. The van der Waals surface area contributed by atoms with Crippen LogP contribution in [0.15, 0.2) is 52.1 Å². The molecule has 4 aromatic rings. The van der Waals surface area contributed by atoms with Crippen LogP contribution >= 0.6 is 23.1 Å². The molecule has 0 saturated carbocycles. The molecule has 0 saturated heterocycles. The number of nitrogens with zero attached hydrogens (tertiary/aromatic N) is 2. The highest BCUT2D eigenvalue weighted by molar-refractivity contribution is 7.99. The summed E-state index contributed by atoms with van der Waals surface area (Å²) in [6.07, 6.45) is 3.90. The molecule has 1 amide bonds. The number of esters is 1. The molecule has 0 fully saturated rings. The minimum Gasteiger partial charge on any atom is -0.462 e. The number of benzene rings is 2. The summed E-state index contributed by atoms with van der Waals surface area (Å²) < 4.78 is 11.0. The van der Waals surface area contributed by atoms with E-state index in [0.29, 0.717) is 28.3 Å². The second-order valence-electron chi connectivity index (χ2n) is 7.91. The summed E-state index contributed by atoms with van der Waals surface area (Å²) in [5, 5.41) is 14.2. The number of carbonyl (C=O) groups excluding carboxylic acids is 2. The van der Waals surface area contributed by atoms with Crippen molar-refractivity contribution in [3.8, 4) is 11.5 Å². The molecule has 174 valence electrons. The lowest BCUT2D eigenvalue weighted by Crippen LogP contribution is -2.17. The Bertz CT molecular complexity index is 1360. The monoisotopic (exact) mass is 493 g/mol. The minimum absolute atomic E-state index is 0.0875. The molecule has 1 N–H and O–H groups in total. The molecule has 2 heterocycles. The van der Waals surface area contributed by atoms with Gasteiger partial charge in [0.2, 0.25) is 11.8 Å². The molecule has 0 unspecified atom stereocenters. The van der Waals surface area contributed by atoms with Gasteiger partial charge in [0.25, 0.3) is 5.22 Å². The van der Waals surface area contributed by atoms with Gasteiger partial charge in [-0.15, -0.1) is 21.5 Å². The number of thiophene rings is 1. The molecule has 7 nitrogen and oxygen atoms in total. The number of thioether (sulfide) groups is 1. The number of anilines is 1. The third-order valence-electron chi connectivity index (χ3n) is 5.63. The van der Waals surface area contributed by atoms with Crippen LogP contribution in [0.3, 0.4) is 0 Å². The van der Waals surface area contributed by atoms with Crippen molar-refractivity contribution in [2.24, 2.45) is 0 Å². The standard InChI is InChI=1S/C25H23N3O4S2/c1-2-31-24(30)21-18-9-5-6-10-19(18)34-23(21)26-20(29)14-33-25-28-27-22(32-25)17-12-11-15-7-3-4-8-16(15)13-17/h3-4,7-8,11-13H,2,5-6,9-10,14H2,1H3,(H,26,29). The van der Waals surface area contributed by atoms with E-state index in [1.54, 1.807) is 6.92 Å². The van der Waals surface area contributed by atoms with E-state index in [9.17, 15) is 9.59 Å². The summed E-state index contributed by atoms with van der Waals surface area (Å²) in [7, 11) is 0. The van der Waals surface area contributed by atoms with Gasteiger partial charge in [0.1, 0.15) is 5.00 Å². The Hall–Kier alpha value is -3.17. The lowest BCUT2D eigenvalue weighted by Gasteiger charge is -2.12. The van der Waals surface area contributed by atoms with Gasteiger partial charge in [0, 0.05) is 10.4 Å². The van der Waals surface area contributed by atoms with Gasteiger partial charge in [-0.25, -0.2) is 4.79 Å². The maximum atomic E-state index is 12.7. The fourth-order valence-electron chi connectivity index (χ4n) is 4.07. The number of aryl methyl sites for hydroxylation is 1. The summed E-state index contributed by atoms with van der Waals surface area (Å²) in [5.41, 5.74) is 2.36.